The fourth-order valence-corrected chi connectivity index (χ4v) is 4.71. The summed E-state index contributed by atoms with van der Waals surface area (Å²) in [5.41, 5.74) is 4.83. The number of H-pyrrole nitrogens is 1. The SMILES string of the molecule is Cc1nn(CC(=O)NCC(c2ccc(N(C)C)cc2)c2c[nH]c3ccccc23)c(=O)c2ccccc12. The van der Waals surface area contributed by atoms with Gasteiger partial charge in [0.15, 0.2) is 0 Å². The number of hydrogen-bond donors (Lipinski definition) is 2. The largest absolute Gasteiger partial charge is 0.378 e. The molecule has 1 atom stereocenters. The van der Waals surface area contributed by atoms with Gasteiger partial charge in [-0.2, -0.15) is 5.10 Å². The molecule has 0 aliphatic carbocycles. The summed E-state index contributed by atoms with van der Waals surface area (Å²) in [4.78, 5) is 31.3. The molecule has 0 spiro atoms. The van der Waals surface area contributed by atoms with E-state index < -0.39 is 0 Å². The van der Waals surface area contributed by atoms with Crippen molar-refractivity contribution in [1.29, 1.82) is 0 Å². The Labute approximate surface area is 209 Å². The van der Waals surface area contributed by atoms with E-state index in [1.807, 2.05) is 63.6 Å². The van der Waals surface area contributed by atoms with Gasteiger partial charge in [-0.1, -0.05) is 48.5 Å². The molecule has 182 valence electrons. The second kappa shape index (κ2) is 9.70. The van der Waals surface area contributed by atoms with Crippen molar-refractivity contribution in [2.45, 2.75) is 19.4 Å². The average Bonchev–Trinajstić information content (AvgIpc) is 3.31. The molecule has 36 heavy (non-hydrogen) atoms. The summed E-state index contributed by atoms with van der Waals surface area (Å²) < 4.78 is 1.25. The van der Waals surface area contributed by atoms with Crippen LogP contribution in [0.2, 0.25) is 0 Å². The van der Waals surface area contributed by atoms with Gasteiger partial charge in [0.1, 0.15) is 6.54 Å². The molecule has 2 heterocycles. The molecule has 0 aliphatic heterocycles. The highest BCUT2D eigenvalue weighted by Crippen LogP contribution is 2.31. The van der Waals surface area contributed by atoms with Crippen LogP contribution in [-0.2, 0) is 11.3 Å². The van der Waals surface area contributed by atoms with Crippen LogP contribution >= 0.6 is 0 Å². The summed E-state index contributed by atoms with van der Waals surface area (Å²) in [6, 6.07) is 23.9. The number of carbonyl (C=O) groups excluding carboxylic acids is 1. The molecular formula is C29H29N5O2. The molecule has 7 heteroatoms. The van der Waals surface area contributed by atoms with Gasteiger partial charge in [0.05, 0.1) is 11.1 Å². The zero-order valence-electron chi connectivity index (χ0n) is 20.7. The van der Waals surface area contributed by atoms with E-state index >= 15 is 0 Å². The van der Waals surface area contributed by atoms with E-state index in [9.17, 15) is 9.59 Å². The monoisotopic (exact) mass is 479 g/mol. The van der Waals surface area contributed by atoms with E-state index in [-0.39, 0.29) is 23.9 Å². The van der Waals surface area contributed by atoms with Crippen molar-refractivity contribution >= 4 is 33.3 Å². The fourth-order valence-electron chi connectivity index (χ4n) is 4.71. The van der Waals surface area contributed by atoms with Crippen LogP contribution in [0.15, 0.2) is 83.8 Å². The number of nitrogens with zero attached hydrogens (tertiary/aromatic N) is 3. The summed E-state index contributed by atoms with van der Waals surface area (Å²) in [5, 5.41) is 9.92. The van der Waals surface area contributed by atoms with Crippen LogP contribution in [0.1, 0.15) is 22.7 Å². The number of rotatable bonds is 7. The van der Waals surface area contributed by atoms with Gasteiger partial charge in [-0.05, 0) is 42.3 Å². The maximum atomic E-state index is 13.0. The molecule has 1 amide bonds. The molecule has 5 aromatic rings. The summed E-state index contributed by atoms with van der Waals surface area (Å²) >= 11 is 0. The minimum Gasteiger partial charge on any atom is -0.378 e. The quantitative estimate of drug-likeness (QED) is 0.367. The van der Waals surface area contributed by atoms with Crippen molar-refractivity contribution in [2.24, 2.45) is 0 Å². The number of anilines is 1. The van der Waals surface area contributed by atoms with Gasteiger partial charge in [0.2, 0.25) is 5.91 Å². The smallest absolute Gasteiger partial charge is 0.275 e. The summed E-state index contributed by atoms with van der Waals surface area (Å²) in [5.74, 6) is -0.321. The third kappa shape index (κ3) is 4.47. The van der Waals surface area contributed by atoms with Crippen LogP contribution in [0.4, 0.5) is 5.69 Å². The Kier molecular flexibility index (Phi) is 6.29. The third-order valence-electron chi connectivity index (χ3n) is 6.66. The lowest BCUT2D eigenvalue weighted by molar-refractivity contribution is -0.121. The fraction of sp³-hybridized carbons (Fsp3) is 0.207. The van der Waals surface area contributed by atoms with E-state index in [4.69, 9.17) is 0 Å². The highest BCUT2D eigenvalue weighted by Gasteiger charge is 2.20. The Morgan fingerprint density at radius 1 is 0.972 bits per heavy atom. The lowest BCUT2D eigenvalue weighted by Crippen LogP contribution is -2.36. The van der Waals surface area contributed by atoms with Crippen LogP contribution in [0.3, 0.4) is 0 Å². The lowest BCUT2D eigenvalue weighted by Gasteiger charge is -2.20. The zero-order valence-corrected chi connectivity index (χ0v) is 20.7. The molecule has 2 N–H and O–H groups in total. The molecule has 0 radical (unpaired) electrons. The standard InChI is InChI=1S/C29H29N5O2/c1-19-22-8-4-5-10-24(22)29(36)34(32-19)18-28(35)31-16-25(20-12-14-21(15-13-20)33(2)3)26-17-30-27-11-7-6-9-23(26)27/h4-15,17,25,30H,16,18H2,1-3H3,(H,31,35). The van der Waals surface area contributed by atoms with Crippen LogP contribution < -0.4 is 15.8 Å². The number of hydrogen-bond acceptors (Lipinski definition) is 4. The van der Waals surface area contributed by atoms with E-state index in [0.29, 0.717) is 11.9 Å². The first-order valence-electron chi connectivity index (χ1n) is 12.0. The molecule has 0 saturated heterocycles. The first kappa shape index (κ1) is 23.4. The van der Waals surface area contributed by atoms with Crippen LogP contribution in [0, 0.1) is 6.92 Å². The highest BCUT2D eigenvalue weighted by molar-refractivity contribution is 5.85. The Balaban J connectivity index is 1.41. The zero-order chi connectivity index (χ0) is 25.2. The molecule has 0 fully saturated rings. The minimum atomic E-state index is -0.265. The average molecular weight is 480 g/mol. The van der Waals surface area contributed by atoms with E-state index in [0.717, 1.165) is 38.8 Å². The maximum absolute atomic E-state index is 13.0. The van der Waals surface area contributed by atoms with Crippen LogP contribution in [0.5, 0.6) is 0 Å². The third-order valence-corrected chi connectivity index (χ3v) is 6.66. The van der Waals surface area contributed by atoms with E-state index in [1.165, 1.54) is 4.68 Å². The second-order valence-electron chi connectivity index (χ2n) is 9.23. The molecule has 0 aliphatic rings. The van der Waals surface area contributed by atoms with Gasteiger partial charge in [-0.15, -0.1) is 0 Å². The number of nitrogens with one attached hydrogen (secondary N) is 2. The minimum absolute atomic E-state index is 0.0654. The first-order chi connectivity index (χ1) is 17.4. The van der Waals surface area contributed by atoms with Gasteiger partial charge >= 0.3 is 0 Å². The maximum Gasteiger partial charge on any atom is 0.275 e. The van der Waals surface area contributed by atoms with Crippen LogP contribution in [0.25, 0.3) is 21.7 Å². The van der Waals surface area contributed by atoms with Crippen LogP contribution in [-0.4, -0.2) is 41.3 Å². The van der Waals surface area contributed by atoms with Crippen molar-refractivity contribution in [2.75, 3.05) is 25.5 Å². The number of carbonyl (C=O) groups is 1. The molecule has 0 saturated carbocycles. The Morgan fingerprint density at radius 2 is 1.64 bits per heavy atom. The van der Waals surface area contributed by atoms with Gasteiger partial charge < -0.3 is 15.2 Å². The van der Waals surface area contributed by atoms with Gasteiger partial charge in [-0.25, -0.2) is 4.68 Å². The van der Waals surface area contributed by atoms with Crippen molar-refractivity contribution in [3.8, 4) is 0 Å². The van der Waals surface area contributed by atoms with E-state index in [2.05, 4.69) is 50.6 Å². The first-order valence-corrected chi connectivity index (χ1v) is 12.0. The molecule has 2 aromatic heterocycles. The number of fused-ring (bicyclic) bond motifs is 2. The summed E-state index contributed by atoms with van der Waals surface area (Å²) in [7, 11) is 4.02. The Bertz CT molecular complexity index is 1600. The lowest BCUT2D eigenvalue weighted by atomic mass is 9.90. The Hall–Kier alpha value is -4.39. The van der Waals surface area contributed by atoms with Crippen molar-refractivity contribution < 1.29 is 4.79 Å². The van der Waals surface area contributed by atoms with Crippen molar-refractivity contribution in [3.63, 3.8) is 0 Å². The number of para-hydroxylation sites is 1. The molecular weight excluding hydrogens is 450 g/mol. The molecule has 5 rings (SSSR count). The predicted octanol–water partition coefficient (Wildman–Crippen LogP) is 4.20. The molecule has 1 unspecified atom stereocenters. The molecule has 0 bridgehead atoms. The highest BCUT2D eigenvalue weighted by atomic mass is 16.2. The second-order valence-corrected chi connectivity index (χ2v) is 9.23. The van der Waals surface area contributed by atoms with E-state index in [1.54, 1.807) is 6.07 Å². The topological polar surface area (TPSA) is 83.0 Å². The number of aromatic nitrogens is 3. The van der Waals surface area contributed by atoms with Crippen molar-refractivity contribution in [1.82, 2.24) is 20.1 Å². The number of aromatic amines is 1. The summed E-state index contributed by atoms with van der Waals surface area (Å²) in [6.07, 6.45) is 2.01. The van der Waals surface area contributed by atoms with Gasteiger partial charge in [0.25, 0.3) is 5.56 Å². The number of benzene rings is 3. The summed E-state index contributed by atoms with van der Waals surface area (Å²) in [6.45, 7) is 2.11. The van der Waals surface area contributed by atoms with Gasteiger partial charge in [0, 0.05) is 54.7 Å². The predicted molar refractivity (Wildman–Crippen MR) is 145 cm³/mol. The number of amides is 1. The van der Waals surface area contributed by atoms with Gasteiger partial charge in [-0.3, -0.25) is 9.59 Å². The molecule has 3 aromatic carbocycles. The number of aryl methyl sites for hydroxylation is 1. The normalized spacial score (nSPS) is 12.1. The Morgan fingerprint density at radius 3 is 2.36 bits per heavy atom. The van der Waals surface area contributed by atoms with Crippen molar-refractivity contribution in [3.05, 3.63) is 106 Å². The molecule has 7 nitrogen and oxygen atoms in total.